The molecule has 1 aliphatic heterocycles. The fourth-order valence-electron chi connectivity index (χ4n) is 2.82. The van der Waals surface area contributed by atoms with Crippen molar-refractivity contribution in [2.24, 2.45) is 5.41 Å². The van der Waals surface area contributed by atoms with Gasteiger partial charge in [0.15, 0.2) is 0 Å². The molecule has 1 aliphatic rings. The van der Waals surface area contributed by atoms with Gasteiger partial charge in [-0.25, -0.2) is 0 Å². The average molecular weight is 400 g/mol. The summed E-state index contributed by atoms with van der Waals surface area (Å²) in [6, 6.07) is 2.33. The highest BCUT2D eigenvalue weighted by Crippen LogP contribution is 2.34. The third kappa shape index (κ3) is 10.4. The van der Waals surface area contributed by atoms with Gasteiger partial charge in [0.25, 0.3) is 0 Å². The van der Waals surface area contributed by atoms with E-state index in [2.05, 4.69) is 42.4 Å². The van der Waals surface area contributed by atoms with Crippen molar-refractivity contribution in [1.82, 2.24) is 9.62 Å². The number of nitriles is 1. The lowest BCUT2D eigenvalue weighted by Gasteiger charge is -2.38. The quantitative estimate of drug-likeness (QED) is 0.334. The van der Waals surface area contributed by atoms with Crippen molar-refractivity contribution in [1.29, 1.82) is 5.26 Å². The van der Waals surface area contributed by atoms with Gasteiger partial charge in [-0.05, 0) is 74.0 Å². The van der Waals surface area contributed by atoms with Gasteiger partial charge in [0.1, 0.15) is 0 Å². The summed E-state index contributed by atoms with van der Waals surface area (Å²) >= 11 is 1.52. The Bertz CT molecular complexity index is 627. The molecule has 0 aromatic heterocycles. The average Bonchev–Trinajstić information content (AvgIpc) is 2.69. The molecule has 1 heterocycles. The van der Waals surface area contributed by atoms with E-state index in [0.717, 1.165) is 48.7 Å². The van der Waals surface area contributed by atoms with Crippen LogP contribution < -0.4 is 4.72 Å². The first-order chi connectivity index (χ1) is 13.5. The minimum Gasteiger partial charge on any atom is -0.326 e. The number of likely N-dealkylation sites (tertiary alicyclic amines) is 1. The lowest BCUT2D eigenvalue weighted by Crippen LogP contribution is -2.39. The van der Waals surface area contributed by atoms with E-state index in [0.29, 0.717) is 6.42 Å². The molecule has 1 fully saturated rings. The monoisotopic (exact) mass is 399 g/mol. The summed E-state index contributed by atoms with van der Waals surface area (Å²) in [6.07, 6.45) is 14.4. The van der Waals surface area contributed by atoms with Gasteiger partial charge in [0, 0.05) is 23.6 Å². The molecule has 0 atom stereocenters. The highest BCUT2D eigenvalue weighted by molar-refractivity contribution is 8.01. The second-order valence-corrected chi connectivity index (χ2v) is 7.77. The zero-order valence-corrected chi connectivity index (χ0v) is 18.9. The van der Waals surface area contributed by atoms with Crippen LogP contribution in [-0.2, 0) is 0 Å². The number of piperidine rings is 1. The standard InChI is InChI=1S/C22H31N3S.C2H6/c1-6-9-21(10-7-2)26-24-20(8-3)17-19(4)18-25-15-12-22(5,11-14-23)13-16-25;1-2/h6-10,17,24H,1,3-4,11-13,15-16,18H2,2,5H3;1-2H3/b10-7-,20-17+,21-9+;. The smallest absolute Gasteiger partial charge is 0.0627 e. The topological polar surface area (TPSA) is 39.1 Å². The van der Waals surface area contributed by atoms with E-state index in [4.69, 9.17) is 5.26 Å². The molecule has 0 aromatic rings. The van der Waals surface area contributed by atoms with Crippen LogP contribution in [-0.4, -0.2) is 24.5 Å². The van der Waals surface area contributed by atoms with Gasteiger partial charge in [-0.15, -0.1) is 0 Å². The molecule has 0 aromatic carbocycles. The highest BCUT2D eigenvalue weighted by Gasteiger charge is 2.29. The lowest BCUT2D eigenvalue weighted by molar-refractivity contribution is 0.130. The summed E-state index contributed by atoms with van der Waals surface area (Å²) in [5.74, 6) is 0. The highest BCUT2D eigenvalue weighted by atomic mass is 32.2. The Morgan fingerprint density at radius 2 is 1.93 bits per heavy atom. The number of nitrogens with one attached hydrogen (secondary N) is 1. The van der Waals surface area contributed by atoms with Gasteiger partial charge in [-0.3, -0.25) is 4.90 Å². The number of allylic oxidation sites excluding steroid dienone is 5. The van der Waals surface area contributed by atoms with Crippen LogP contribution in [0.2, 0.25) is 0 Å². The van der Waals surface area contributed by atoms with Gasteiger partial charge in [0.2, 0.25) is 0 Å². The fraction of sp³-hybridized carbons (Fsp3) is 0.458. The van der Waals surface area contributed by atoms with E-state index < -0.39 is 0 Å². The molecule has 1 rings (SSSR count). The van der Waals surface area contributed by atoms with E-state index in [1.54, 1.807) is 12.2 Å². The second-order valence-electron chi connectivity index (χ2n) is 6.89. The summed E-state index contributed by atoms with van der Waals surface area (Å²) in [6.45, 7) is 22.9. The maximum atomic E-state index is 8.96. The van der Waals surface area contributed by atoms with Crippen LogP contribution in [0.15, 0.2) is 72.4 Å². The first-order valence-electron chi connectivity index (χ1n) is 9.96. The van der Waals surface area contributed by atoms with Gasteiger partial charge in [0.05, 0.1) is 6.07 Å². The Balaban J connectivity index is 0.00000352. The third-order valence-corrected chi connectivity index (χ3v) is 5.32. The van der Waals surface area contributed by atoms with E-state index >= 15 is 0 Å². The van der Waals surface area contributed by atoms with Gasteiger partial charge >= 0.3 is 0 Å². The Morgan fingerprint density at radius 3 is 2.43 bits per heavy atom. The van der Waals surface area contributed by atoms with Crippen LogP contribution in [0.4, 0.5) is 0 Å². The first-order valence-corrected chi connectivity index (χ1v) is 10.8. The summed E-state index contributed by atoms with van der Waals surface area (Å²) in [7, 11) is 0. The summed E-state index contributed by atoms with van der Waals surface area (Å²) < 4.78 is 3.31. The largest absolute Gasteiger partial charge is 0.326 e. The molecule has 1 N–H and O–H groups in total. The predicted octanol–water partition coefficient (Wildman–Crippen LogP) is 6.54. The second kappa shape index (κ2) is 15.0. The molecule has 1 saturated heterocycles. The number of rotatable bonds is 10. The molecular weight excluding hydrogens is 362 g/mol. The third-order valence-electron chi connectivity index (χ3n) is 4.48. The molecule has 28 heavy (non-hydrogen) atoms. The normalized spacial score (nSPS) is 17.2. The van der Waals surface area contributed by atoms with E-state index in [1.165, 1.54) is 11.9 Å². The van der Waals surface area contributed by atoms with Crippen molar-refractivity contribution >= 4 is 11.9 Å². The van der Waals surface area contributed by atoms with Crippen molar-refractivity contribution in [2.75, 3.05) is 19.6 Å². The van der Waals surface area contributed by atoms with Crippen molar-refractivity contribution < 1.29 is 0 Å². The summed E-state index contributed by atoms with van der Waals surface area (Å²) in [5.41, 5.74) is 2.16. The van der Waals surface area contributed by atoms with Crippen molar-refractivity contribution in [3.63, 3.8) is 0 Å². The van der Waals surface area contributed by atoms with Crippen molar-refractivity contribution in [3.05, 3.63) is 72.4 Å². The molecular formula is C24H37N3S. The lowest BCUT2D eigenvalue weighted by atomic mass is 9.78. The molecule has 0 unspecified atom stereocenters. The molecule has 0 radical (unpaired) electrons. The van der Waals surface area contributed by atoms with Gasteiger partial charge in [-0.1, -0.05) is 58.7 Å². The first kappa shape index (κ1) is 26.0. The van der Waals surface area contributed by atoms with Crippen LogP contribution in [0.3, 0.4) is 0 Å². The fourth-order valence-corrected chi connectivity index (χ4v) is 3.57. The molecule has 0 aliphatic carbocycles. The molecule has 154 valence electrons. The molecule has 0 saturated carbocycles. The molecule has 4 heteroatoms. The Labute approximate surface area is 177 Å². The number of hydrogen-bond acceptors (Lipinski definition) is 4. The van der Waals surface area contributed by atoms with Crippen LogP contribution in [0.25, 0.3) is 0 Å². The number of hydrogen-bond donors (Lipinski definition) is 1. The number of nitrogens with zero attached hydrogens (tertiary/aromatic N) is 2. The maximum Gasteiger partial charge on any atom is 0.0627 e. The van der Waals surface area contributed by atoms with Crippen LogP contribution in [0, 0.1) is 16.7 Å². The van der Waals surface area contributed by atoms with Crippen LogP contribution >= 0.6 is 11.9 Å². The molecule has 3 nitrogen and oxygen atoms in total. The Morgan fingerprint density at radius 1 is 1.29 bits per heavy atom. The molecule has 0 amide bonds. The SMILES string of the molecule is C=C/C=C(\C=C/C)SN/C(C=C)=C/C(=C)CN1CCC(C)(CC#N)CC1.CC. The zero-order valence-electron chi connectivity index (χ0n) is 18.1. The summed E-state index contributed by atoms with van der Waals surface area (Å²) in [5, 5.41) is 8.96. The minimum absolute atomic E-state index is 0.174. The van der Waals surface area contributed by atoms with E-state index in [-0.39, 0.29) is 5.41 Å². The maximum absolute atomic E-state index is 8.96. The van der Waals surface area contributed by atoms with Crippen LogP contribution in [0.5, 0.6) is 0 Å². The van der Waals surface area contributed by atoms with E-state index in [9.17, 15) is 0 Å². The van der Waals surface area contributed by atoms with Crippen molar-refractivity contribution in [2.45, 2.75) is 47.0 Å². The Hall–Kier alpha value is -1.96. The molecule has 0 spiro atoms. The van der Waals surface area contributed by atoms with Gasteiger partial charge in [-0.2, -0.15) is 5.26 Å². The zero-order chi connectivity index (χ0) is 21.4. The van der Waals surface area contributed by atoms with E-state index in [1.807, 2.05) is 45.1 Å². The van der Waals surface area contributed by atoms with Gasteiger partial charge < -0.3 is 4.72 Å². The van der Waals surface area contributed by atoms with Crippen molar-refractivity contribution in [3.8, 4) is 6.07 Å². The Kier molecular flexibility index (Phi) is 14.0. The van der Waals surface area contributed by atoms with Crippen LogP contribution in [0.1, 0.15) is 47.0 Å². The minimum atomic E-state index is 0.174. The molecule has 0 bridgehead atoms. The predicted molar refractivity (Wildman–Crippen MR) is 127 cm³/mol. The summed E-state index contributed by atoms with van der Waals surface area (Å²) in [4.78, 5) is 3.49.